The van der Waals surface area contributed by atoms with Gasteiger partial charge in [-0.3, -0.25) is 0 Å². The lowest BCUT2D eigenvalue weighted by Crippen LogP contribution is -2.12. The van der Waals surface area contributed by atoms with Crippen LogP contribution in [-0.2, 0) is 0 Å². The van der Waals surface area contributed by atoms with Crippen LogP contribution >= 0.6 is 0 Å². The van der Waals surface area contributed by atoms with Crippen molar-refractivity contribution in [2.45, 2.75) is 0 Å². The van der Waals surface area contributed by atoms with Gasteiger partial charge in [-0.25, -0.2) is 15.0 Å². The third kappa shape index (κ3) is 5.15. The number of aromatic nitrogens is 3. The molecule has 0 saturated heterocycles. The van der Waals surface area contributed by atoms with Crippen molar-refractivity contribution < 1.29 is 9.15 Å². The molecule has 0 unspecified atom stereocenters. The average Bonchev–Trinajstić information content (AvgIpc) is 3.63. The van der Waals surface area contributed by atoms with Crippen LogP contribution in [0.15, 0.2) is 186 Å². The summed E-state index contributed by atoms with van der Waals surface area (Å²) in [4.78, 5) is 17.7. The van der Waals surface area contributed by atoms with Crippen LogP contribution in [0.1, 0.15) is 0 Å². The molecular weight excluding hydrogens is 677 g/mol. The highest BCUT2D eigenvalue weighted by Gasteiger charge is 2.28. The van der Waals surface area contributed by atoms with Crippen LogP contribution in [-0.4, -0.2) is 15.0 Å². The van der Waals surface area contributed by atoms with Gasteiger partial charge in [0.25, 0.3) is 0 Å². The van der Waals surface area contributed by atoms with Crippen molar-refractivity contribution in [1.29, 1.82) is 0 Å². The zero-order valence-corrected chi connectivity index (χ0v) is 29.4. The fraction of sp³-hybridized carbons (Fsp3) is 0. The first kappa shape index (κ1) is 31.0. The highest BCUT2D eigenvalue weighted by molar-refractivity contribution is 6.12. The van der Waals surface area contributed by atoms with Crippen molar-refractivity contribution in [3.05, 3.63) is 182 Å². The molecule has 0 amide bonds. The summed E-state index contributed by atoms with van der Waals surface area (Å²) in [7, 11) is 0. The molecule has 0 N–H and O–H groups in total. The van der Waals surface area contributed by atoms with Crippen LogP contribution in [0.5, 0.6) is 11.5 Å². The Bertz CT molecular complexity index is 3030. The Kier molecular flexibility index (Phi) is 7.07. The first-order valence-corrected chi connectivity index (χ1v) is 18.3. The maximum absolute atomic E-state index is 6.77. The minimum Gasteiger partial charge on any atom is -0.456 e. The molecule has 6 heteroatoms. The molecule has 258 valence electrons. The Labute approximate surface area is 316 Å². The van der Waals surface area contributed by atoms with E-state index in [1.54, 1.807) is 0 Å². The number of benzene rings is 8. The van der Waals surface area contributed by atoms with E-state index in [2.05, 4.69) is 102 Å². The lowest BCUT2D eigenvalue weighted by atomic mass is 9.91. The van der Waals surface area contributed by atoms with Gasteiger partial charge >= 0.3 is 0 Å². The molecule has 55 heavy (non-hydrogen) atoms. The van der Waals surface area contributed by atoms with Gasteiger partial charge in [0.2, 0.25) is 0 Å². The van der Waals surface area contributed by atoms with Gasteiger partial charge in [-0.2, -0.15) is 0 Å². The van der Waals surface area contributed by atoms with Crippen LogP contribution in [0.25, 0.3) is 78.0 Å². The second kappa shape index (κ2) is 12.5. The van der Waals surface area contributed by atoms with Crippen LogP contribution in [0.3, 0.4) is 0 Å². The lowest BCUT2D eigenvalue weighted by Gasteiger charge is -2.31. The van der Waals surface area contributed by atoms with Crippen molar-refractivity contribution in [1.82, 2.24) is 15.0 Å². The molecule has 8 aromatic carbocycles. The first-order chi connectivity index (χ1) is 27.3. The monoisotopic (exact) mass is 706 g/mol. The van der Waals surface area contributed by atoms with Crippen molar-refractivity contribution in [2.75, 3.05) is 4.90 Å². The van der Waals surface area contributed by atoms with Gasteiger partial charge in [-0.15, -0.1) is 0 Å². The fourth-order valence-corrected chi connectivity index (χ4v) is 7.83. The van der Waals surface area contributed by atoms with Gasteiger partial charge in [-0.1, -0.05) is 109 Å². The summed E-state index contributed by atoms with van der Waals surface area (Å²) >= 11 is 0. The number of rotatable bonds is 6. The summed E-state index contributed by atoms with van der Waals surface area (Å²) < 4.78 is 12.9. The Morgan fingerprint density at radius 1 is 0.400 bits per heavy atom. The predicted molar refractivity (Wildman–Crippen MR) is 221 cm³/mol. The Morgan fingerprint density at radius 2 is 1.04 bits per heavy atom. The predicted octanol–water partition coefficient (Wildman–Crippen LogP) is 13.2. The van der Waals surface area contributed by atoms with E-state index in [4.69, 9.17) is 24.1 Å². The van der Waals surface area contributed by atoms with Crippen LogP contribution in [0.4, 0.5) is 17.1 Å². The summed E-state index contributed by atoms with van der Waals surface area (Å²) in [5.74, 6) is 3.36. The van der Waals surface area contributed by atoms with E-state index in [0.717, 1.165) is 89.1 Å². The highest BCUT2D eigenvalue weighted by atomic mass is 16.5. The van der Waals surface area contributed by atoms with Gasteiger partial charge in [0.1, 0.15) is 22.7 Å². The summed E-state index contributed by atoms with van der Waals surface area (Å²) in [6, 6.07) is 62.1. The summed E-state index contributed by atoms with van der Waals surface area (Å²) in [6.45, 7) is 0. The van der Waals surface area contributed by atoms with Gasteiger partial charge in [0.15, 0.2) is 17.5 Å². The summed E-state index contributed by atoms with van der Waals surface area (Å²) in [5, 5.41) is 4.08. The highest BCUT2D eigenvalue weighted by Crippen LogP contribution is 2.53. The zero-order valence-electron chi connectivity index (χ0n) is 29.4. The van der Waals surface area contributed by atoms with Crippen molar-refractivity contribution in [3.8, 4) is 56.8 Å². The van der Waals surface area contributed by atoms with E-state index in [9.17, 15) is 0 Å². The largest absolute Gasteiger partial charge is 0.456 e. The van der Waals surface area contributed by atoms with Crippen LogP contribution in [0.2, 0.25) is 0 Å². The molecule has 3 heterocycles. The molecule has 1 aliphatic heterocycles. The van der Waals surface area contributed by atoms with Crippen molar-refractivity contribution in [2.24, 2.45) is 0 Å². The van der Waals surface area contributed by atoms with E-state index < -0.39 is 0 Å². The van der Waals surface area contributed by atoms with E-state index in [1.807, 2.05) is 84.9 Å². The Hall–Kier alpha value is -7.57. The molecule has 0 fully saturated rings. The maximum atomic E-state index is 6.77. The van der Waals surface area contributed by atoms with Gasteiger partial charge in [0.05, 0.1) is 5.69 Å². The third-order valence-electron chi connectivity index (χ3n) is 10.3. The van der Waals surface area contributed by atoms with E-state index in [-0.39, 0.29) is 0 Å². The molecule has 1 aliphatic rings. The zero-order chi connectivity index (χ0) is 36.3. The SMILES string of the molecule is c1ccc(-c2nc(-c3ccc4oc5ccccc5c4c3)nc(-c3ccc4c5c(cccc35)-c3c(cccc3N(c3ccccc3)c3ccccc3)O4)n2)cc1. The normalized spacial score (nSPS) is 11.8. The summed E-state index contributed by atoms with van der Waals surface area (Å²) in [5.41, 5.74) is 9.60. The topological polar surface area (TPSA) is 64.3 Å². The Morgan fingerprint density at radius 3 is 1.82 bits per heavy atom. The lowest BCUT2D eigenvalue weighted by molar-refractivity contribution is 0.487. The molecule has 11 rings (SSSR count). The molecular formula is C49H30N4O2. The van der Waals surface area contributed by atoms with Crippen molar-refractivity contribution >= 4 is 49.8 Å². The number of hydrogen-bond acceptors (Lipinski definition) is 6. The maximum Gasteiger partial charge on any atom is 0.164 e. The number of ether oxygens (including phenoxy) is 1. The first-order valence-electron chi connectivity index (χ1n) is 18.3. The number of fused-ring (bicyclic) bond motifs is 5. The minimum atomic E-state index is 0.582. The number of furan rings is 1. The number of anilines is 3. The standard InChI is InChI=1S/C49H30N4O2/c1-4-14-31(15-5-1)47-50-48(32-26-28-42-39(30-32)35-20-10-11-24-41(35)54-42)52-49(51-47)37-27-29-44-45-36(37)21-12-22-38(45)46-40(23-13-25-43(46)55-44)53(33-16-6-2-7-17-33)34-18-8-3-9-19-34/h1-30H. The van der Waals surface area contributed by atoms with Crippen LogP contribution in [0, 0.1) is 0 Å². The molecule has 0 spiro atoms. The molecule has 0 aliphatic carbocycles. The molecule has 2 aromatic heterocycles. The van der Waals surface area contributed by atoms with Crippen LogP contribution < -0.4 is 9.64 Å². The molecule has 0 saturated carbocycles. The molecule has 0 bridgehead atoms. The Balaban J connectivity index is 1.12. The number of hydrogen-bond donors (Lipinski definition) is 0. The second-order valence-corrected chi connectivity index (χ2v) is 13.6. The second-order valence-electron chi connectivity index (χ2n) is 13.6. The van der Waals surface area contributed by atoms with E-state index in [1.165, 1.54) is 0 Å². The number of para-hydroxylation sites is 3. The summed E-state index contributed by atoms with van der Waals surface area (Å²) in [6.07, 6.45) is 0. The molecule has 10 aromatic rings. The molecule has 6 nitrogen and oxygen atoms in total. The van der Waals surface area contributed by atoms with Crippen molar-refractivity contribution in [3.63, 3.8) is 0 Å². The fourth-order valence-electron chi connectivity index (χ4n) is 7.83. The molecule has 0 atom stereocenters. The quantitative estimate of drug-likeness (QED) is 0.171. The molecule has 0 radical (unpaired) electrons. The van der Waals surface area contributed by atoms with Gasteiger partial charge < -0.3 is 14.1 Å². The third-order valence-corrected chi connectivity index (χ3v) is 10.3. The minimum absolute atomic E-state index is 0.582. The smallest absolute Gasteiger partial charge is 0.164 e. The van der Waals surface area contributed by atoms with E-state index in [0.29, 0.717) is 17.5 Å². The van der Waals surface area contributed by atoms with Gasteiger partial charge in [-0.05, 0) is 83.7 Å². The number of nitrogens with zero attached hydrogens (tertiary/aromatic N) is 4. The van der Waals surface area contributed by atoms with E-state index >= 15 is 0 Å². The average molecular weight is 707 g/mol. The van der Waals surface area contributed by atoms with Gasteiger partial charge in [0, 0.05) is 49.8 Å².